The Balaban J connectivity index is 1.51. The van der Waals surface area contributed by atoms with Gasteiger partial charge in [0.1, 0.15) is 19.3 Å². The summed E-state index contributed by atoms with van der Waals surface area (Å²) in [5.41, 5.74) is 2.52. The number of aliphatic hydroxyl groups excluding tert-OH is 1. The van der Waals surface area contributed by atoms with Crippen molar-refractivity contribution in [3.63, 3.8) is 0 Å². The van der Waals surface area contributed by atoms with Crippen molar-refractivity contribution in [1.29, 1.82) is 0 Å². The van der Waals surface area contributed by atoms with E-state index in [2.05, 4.69) is 0 Å². The molecule has 0 radical (unpaired) electrons. The zero-order valence-corrected chi connectivity index (χ0v) is 20.4. The minimum atomic E-state index is -4.14. The molecule has 0 saturated carbocycles. The summed E-state index contributed by atoms with van der Waals surface area (Å²) in [6.45, 7) is 1.33. The van der Waals surface area contributed by atoms with E-state index in [1.54, 1.807) is 12.1 Å². The first kappa shape index (κ1) is 25.4. The number of ether oxygens (including phenoxy) is 3. The third kappa shape index (κ3) is 6.31. The van der Waals surface area contributed by atoms with Crippen molar-refractivity contribution in [1.82, 2.24) is 0 Å². The Morgan fingerprint density at radius 1 is 0.861 bits per heavy atom. The molecule has 0 aliphatic carbocycles. The van der Waals surface area contributed by atoms with Gasteiger partial charge in [0.05, 0.1) is 11.5 Å². The predicted octanol–water partition coefficient (Wildman–Crippen LogP) is 3.63. The highest BCUT2D eigenvalue weighted by molar-refractivity contribution is 7.86. The average Bonchev–Trinajstić information content (AvgIpc) is 3.21. The number of hydrogen-bond acceptors (Lipinski definition) is 8. The molecule has 0 spiro atoms. The van der Waals surface area contributed by atoms with Crippen LogP contribution in [-0.2, 0) is 46.5 Å². The van der Waals surface area contributed by atoms with Crippen LogP contribution < -0.4 is 0 Å². The molecule has 0 aromatic heterocycles. The summed E-state index contributed by atoms with van der Waals surface area (Å²) in [6.07, 6.45) is -2.84. The number of benzene rings is 3. The van der Waals surface area contributed by atoms with Crippen molar-refractivity contribution in [2.75, 3.05) is 6.61 Å². The van der Waals surface area contributed by atoms with Gasteiger partial charge in [0.25, 0.3) is 10.1 Å². The molecule has 1 aliphatic heterocycles. The van der Waals surface area contributed by atoms with Crippen LogP contribution in [0.4, 0.5) is 0 Å². The van der Waals surface area contributed by atoms with Crippen LogP contribution in [0.3, 0.4) is 0 Å². The molecule has 2 atom stereocenters. The summed E-state index contributed by atoms with van der Waals surface area (Å²) in [4.78, 5) is 12.6. The molecule has 3 aromatic rings. The molecule has 188 valence electrons. The van der Waals surface area contributed by atoms with Crippen LogP contribution in [-0.4, -0.2) is 38.3 Å². The topological polar surface area (TPSA) is 108 Å². The van der Waals surface area contributed by atoms with E-state index in [9.17, 15) is 18.3 Å². The number of carbonyl (C=O) groups excluding carboxylic acids is 1. The van der Waals surface area contributed by atoms with Crippen molar-refractivity contribution in [3.05, 3.63) is 113 Å². The van der Waals surface area contributed by atoms with E-state index in [4.69, 9.17) is 18.4 Å². The summed E-state index contributed by atoms with van der Waals surface area (Å²) < 4.78 is 47.0. The zero-order chi connectivity index (χ0) is 25.5. The smallest absolute Gasteiger partial charge is 0.378 e. The number of esters is 1. The standard InChI is InChI=1S/C27H26O8S/c1-19-12-14-22(15-13-19)36(30,31)34-18-23(28)24-25(32-16-20-8-4-2-5-9-20)26(27(29)35-24)33-17-21-10-6-3-7-11-21/h2-15,23-24,28H,16-18H2,1H3/t23-,24?/m0/s1. The quantitative estimate of drug-likeness (QED) is 0.308. The van der Waals surface area contributed by atoms with Gasteiger partial charge in [-0.15, -0.1) is 0 Å². The highest BCUT2D eigenvalue weighted by atomic mass is 32.2. The van der Waals surface area contributed by atoms with Crippen LogP contribution in [0.15, 0.2) is 101 Å². The van der Waals surface area contributed by atoms with E-state index in [-0.39, 0.29) is 29.6 Å². The molecule has 36 heavy (non-hydrogen) atoms. The minimum Gasteiger partial charge on any atom is -0.485 e. The Bertz CT molecular complexity index is 1300. The van der Waals surface area contributed by atoms with Gasteiger partial charge in [0.15, 0.2) is 11.9 Å². The minimum absolute atomic E-state index is 0.0244. The molecule has 4 rings (SSSR count). The third-order valence-electron chi connectivity index (χ3n) is 5.42. The van der Waals surface area contributed by atoms with Gasteiger partial charge in [-0.1, -0.05) is 78.4 Å². The number of rotatable bonds is 11. The van der Waals surface area contributed by atoms with Crippen molar-refractivity contribution in [3.8, 4) is 0 Å². The van der Waals surface area contributed by atoms with Crippen LogP contribution >= 0.6 is 0 Å². The van der Waals surface area contributed by atoms with Gasteiger partial charge < -0.3 is 19.3 Å². The molecule has 0 amide bonds. The second-order valence-corrected chi connectivity index (χ2v) is 9.80. The fraction of sp³-hybridized carbons (Fsp3) is 0.222. The Kier molecular flexibility index (Phi) is 8.04. The van der Waals surface area contributed by atoms with Crippen LogP contribution in [0.25, 0.3) is 0 Å². The van der Waals surface area contributed by atoms with Gasteiger partial charge in [0.2, 0.25) is 5.76 Å². The lowest BCUT2D eigenvalue weighted by Gasteiger charge is -2.20. The van der Waals surface area contributed by atoms with Gasteiger partial charge in [-0.05, 0) is 30.2 Å². The maximum atomic E-state index is 12.6. The number of carbonyl (C=O) groups is 1. The Morgan fingerprint density at radius 2 is 1.42 bits per heavy atom. The molecular formula is C27H26O8S. The van der Waals surface area contributed by atoms with Gasteiger partial charge in [-0.2, -0.15) is 8.42 Å². The lowest BCUT2D eigenvalue weighted by Crippen LogP contribution is -2.34. The van der Waals surface area contributed by atoms with Gasteiger partial charge in [-0.3, -0.25) is 4.18 Å². The van der Waals surface area contributed by atoms with Crippen molar-refractivity contribution in [2.45, 2.75) is 37.2 Å². The van der Waals surface area contributed by atoms with Gasteiger partial charge in [0, 0.05) is 0 Å². The third-order valence-corrected chi connectivity index (χ3v) is 6.71. The van der Waals surface area contributed by atoms with E-state index in [1.165, 1.54) is 12.1 Å². The van der Waals surface area contributed by atoms with Gasteiger partial charge >= 0.3 is 5.97 Å². The SMILES string of the molecule is Cc1ccc(S(=O)(=O)OC[C@H](O)C2OC(=O)C(OCc3ccccc3)=C2OCc2ccccc2)cc1. The fourth-order valence-electron chi connectivity index (χ4n) is 3.47. The summed E-state index contributed by atoms with van der Waals surface area (Å²) >= 11 is 0. The monoisotopic (exact) mass is 510 g/mol. The van der Waals surface area contributed by atoms with E-state index >= 15 is 0 Å². The number of aliphatic hydroxyl groups is 1. The van der Waals surface area contributed by atoms with Crippen LogP contribution in [0.5, 0.6) is 0 Å². The first-order chi connectivity index (χ1) is 17.3. The van der Waals surface area contributed by atoms with E-state index in [0.717, 1.165) is 16.7 Å². The summed E-state index contributed by atoms with van der Waals surface area (Å²) in [6, 6.07) is 24.5. The first-order valence-corrected chi connectivity index (χ1v) is 12.7. The fourth-order valence-corrected chi connectivity index (χ4v) is 4.39. The Hall–Kier alpha value is -3.66. The van der Waals surface area contributed by atoms with Gasteiger partial charge in [-0.25, -0.2) is 4.79 Å². The molecule has 1 heterocycles. The number of cyclic esters (lactones) is 1. The Morgan fingerprint density at radius 3 is 2.00 bits per heavy atom. The molecule has 0 fully saturated rings. The van der Waals surface area contributed by atoms with E-state index in [0.29, 0.717) is 0 Å². The van der Waals surface area contributed by atoms with E-state index in [1.807, 2.05) is 67.6 Å². The largest absolute Gasteiger partial charge is 0.485 e. The Labute approximate surface area is 209 Å². The lowest BCUT2D eigenvalue weighted by atomic mass is 10.1. The molecule has 0 bridgehead atoms. The predicted molar refractivity (Wildman–Crippen MR) is 130 cm³/mol. The van der Waals surface area contributed by atoms with Crippen LogP contribution in [0.1, 0.15) is 16.7 Å². The molecule has 1 N–H and O–H groups in total. The molecule has 8 nitrogen and oxygen atoms in total. The molecule has 9 heteroatoms. The second-order valence-electron chi connectivity index (χ2n) is 8.19. The van der Waals surface area contributed by atoms with Crippen LogP contribution in [0, 0.1) is 6.92 Å². The first-order valence-electron chi connectivity index (χ1n) is 11.3. The normalized spacial score (nSPS) is 16.5. The van der Waals surface area contributed by atoms with E-state index < -0.39 is 34.9 Å². The maximum Gasteiger partial charge on any atom is 0.378 e. The zero-order valence-electron chi connectivity index (χ0n) is 19.6. The molecule has 1 aliphatic rings. The molecule has 0 saturated heterocycles. The average molecular weight is 511 g/mol. The van der Waals surface area contributed by atoms with Crippen molar-refractivity contribution < 1.29 is 36.7 Å². The summed E-state index contributed by atoms with van der Waals surface area (Å²) in [5, 5.41) is 10.8. The summed E-state index contributed by atoms with van der Waals surface area (Å²) in [7, 11) is -4.14. The molecular weight excluding hydrogens is 484 g/mol. The number of hydrogen-bond donors (Lipinski definition) is 1. The van der Waals surface area contributed by atoms with Crippen molar-refractivity contribution >= 4 is 16.1 Å². The van der Waals surface area contributed by atoms with Crippen LogP contribution in [0.2, 0.25) is 0 Å². The second kappa shape index (κ2) is 11.4. The molecule has 3 aromatic carbocycles. The number of aryl methyl sites for hydroxylation is 1. The highest BCUT2D eigenvalue weighted by Crippen LogP contribution is 2.29. The highest BCUT2D eigenvalue weighted by Gasteiger charge is 2.42. The molecule has 1 unspecified atom stereocenters. The maximum absolute atomic E-state index is 12.6. The van der Waals surface area contributed by atoms with Crippen molar-refractivity contribution in [2.24, 2.45) is 0 Å². The summed E-state index contributed by atoms with van der Waals surface area (Å²) in [5.74, 6) is -1.02. The lowest BCUT2D eigenvalue weighted by molar-refractivity contribution is -0.148.